The summed E-state index contributed by atoms with van der Waals surface area (Å²) in [5, 5.41) is 0. The minimum Gasteiger partial charge on any atom is -0.469 e. The predicted molar refractivity (Wildman–Crippen MR) is 84.0 cm³/mol. The SMILES string of the molecule is COC(=O)C[C@H](C)OC(=O)c1cncn1[C@H](C)c1ccccc1. The molecule has 0 aliphatic rings. The maximum atomic E-state index is 12.3. The van der Waals surface area contributed by atoms with E-state index in [1.165, 1.54) is 13.3 Å². The molecule has 23 heavy (non-hydrogen) atoms. The van der Waals surface area contributed by atoms with E-state index in [-0.39, 0.29) is 12.5 Å². The largest absolute Gasteiger partial charge is 0.469 e. The van der Waals surface area contributed by atoms with Gasteiger partial charge in [0.1, 0.15) is 11.8 Å². The minimum atomic E-state index is -0.565. The molecule has 1 heterocycles. The van der Waals surface area contributed by atoms with E-state index in [4.69, 9.17) is 4.74 Å². The summed E-state index contributed by atoms with van der Waals surface area (Å²) in [6.45, 7) is 3.63. The molecular weight excluding hydrogens is 296 g/mol. The molecule has 0 aliphatic heterocycles. The Bertz CT molecular complexity index is 666. The Labute approximate surface area is 135 Å². The second-order valence-corrected chi connectivity index (χ2v) is 5.27. The van der Waals surface area contributed by atoms with E-state index in [1.807, 2.05) is 37.3 Å². The summed E-state index contributed by atoms with van der Waals surface area (Å²) in [5.41, 5.74) is 1.40. The number of carbonyl (C=O) groups excluding carboxylic acids is 2. The zero-order valence-corrected chi connectivity index (χ0v) is 13.4. The number of nitrogens with zero attached hydrogens (tertiary/aromatic N) is 2. The van der Waals surface area contributed by atoms with Crippen LogP contribution in [-0.4, -0.2) is 34.7 Å². The van der Waals surface area contributed by atoms with Gasteiger partial charge in [-0.15, -0.1) is 0 Å². The van der Waals surface area contributed by atoms with E-state index in [9.17, 15) is 9.59 Å². The number of ether oxygens (including phenoxy) is 2. The van der Waals surface area contributed by atoms with Gasteiger partial charge in [-0.1, -0.05) is 30.3 Å². The summed E-state index contributed by atoms with van der Waals surface area (Å²) >= 11 is 0. The molecule has 2 atom stereocenters. The fraction of sp³-hybridized carbons (Fsp3) is 0.353. The molecule has 1 aromatic carbocycles. The van der Waals surface area contributed by atoms with Gasteiger partial charge in [0.25, 0.3) is 0 Å². The Morgan fingerprint density at radius 1 is 1.22 bits per heavy atom. The first kappa shape index (κ1) is 16.7. The van der Waals surface area contributed by atoms with Crippen LogP contribution in [0.3, 0.4) is 0 Å². The molecule has 1 aromatic heterocycles. The lowest BCUT2D eigenvalue weighted by Gasteiger charge is -2.18. The van der Waals surface area contributed by atoms with Crippen molar-refractivity contribution in [1.29, 1.82) is 0 Å². The van der Waals surface area contributed by atoms with Crippen molar-refractivity contribution in [2.45, 2.75) is 32.4 Å². The van der Waals surface area contributed by atoms with Gasteiger partial charge in [-0.25, -0.2) is 9.78 Å². The highest BCUT2D eigenvalue weighted by Crippen LogP contribution is 2.20. The van der Waals surface area contributed by atoms with Crippen LogP contribution in [0.1, 0.15) is 42.4 Å². The summed E-state index contributed by atoms with van der Waals surface area (Å²) in [5.74, 6) is -0.932. The molecule has 6 nitrogen and oxygen atoms in total. The Kier molecular flexibility index (Phi) is 5.51. The maximum Gasteiger partial charge on any atom is 0.356 e. The van der Waals surface area contributed by atoms with Crippen LogP contribution in [0.5, 0.6) is 0 Å². The molecule has 0 spiro atoms. The lowest BCUT2D eigenvalue weighted by Crippen LogP contribution is -2.22. The molecule has 0 unspecified atom stereocenters. The third kappa shape index (κ3) is 4.18. The van der Waals surface area contributed by atoms with Crippen molar-refractivity contribution in [3.63, 3.8) is 0 Å². The molecule has 2 rings (SSSR count). The molecule has 0 bridgehead atoms. The van der Waals surface area contributed by atoms with Crippen molar-refractivity contribution in [1.82, 2.24) is 9.55 Å². The molecule has 0 saturated carbocycles. The van der Waals surface area contributed by atoms with Crippen molar-refractivity contribution in [2.75, 3.05) is 7.11 Å². The van der Waals surface area contributed by atoms with Crippen molar-refractivity contribution < 1.29 is 19.1 Å². The van der Waals surface area contributed by atoms with E-state index >= 15 is 0 Å². The Morgan fingerprint density at radius 3 is 2.57 bits per heavy atom. The fourth-order valence-corrected chi connectivity index (χ4v) is 2.27. The normalized spacial score (nSPS) is 13.2. The number of hydrogen-bond donors (Lipinski definition) is 0. The molecule has 0 saturated heterocycles. The second-order valence-electron chi connectivity index (χ2n) is 5.27. The molecule has 0 radical (unpaired) electrons. The van der Waals surface area contributed by atoms with Gasteiger partial charge in [0.15, 0.2) is 0 Å². The number of esters is 2. The van der Waals surface area contributed by atoms with Crippen LogP contribution >= 0.6 is 0 Å². The monoisotopic (exact) mass is 316 g/mol. The van der Waals surface area contributed by atoms with Crippen molar-refractivity contribution in [2.24, 2.45) is 0 Å². The van der Waals surface area contributed by atoms with Gasteiger partial charge in [0.2, 0.25) is 0 Å². The number of aromatic nitrogens is 2. The first-order valence-corrected chi connectivity index (χ1v) is 7.37. The smallest absolute Gasteiger partial charge is 0.356 e. The molecule has 0 amide bonds. The van der Waals surface area contributed by atoms with Crippen LogP contribution in [0.25, 0.3) is 0 Å². The van der Waals surface area contributed by atoms with Crippen LogP contribution < -0.4 is 0 Å². The van der Waals surface area contributed by atoms with Crippen LogP contribution in [0.15, 0.2) is 42.9 Å². The topological polar surface area (TPSA) is 70.4 Å². The van der Waals surface area contributed by atoms with Gasteiger partial charge in [-0.05, 0) is 19.4 Å². The average Bonchev–Trinajstić information content (AvgIpc) is 3.04. The summed E-state index contributed by atoms with van der Waals surface area (Å²) in [6.07, 6.45) is 2.52. The number of benzene rings is 1. The first-order valence-electron chi connectivity index (χ1n) is 7.37. The van der Waals surface area contributed by atoms with Gasteiger partial charge in [0.05, 0.1) is 32.1 Å². The van der Waals surface area contributed by atoms with Gasteiger partial charge in [0, 0.05) is 0 Å². The quantitative estimate of drug-likeness (QED) is 0.766. The Hall–Kier alpha value is -2.63. The summed E-state index contributed by atoms with van der Waals surface area (Å²) < 4.78 is 11.6. The zero-order valence-electron chi connectivity index (χ0n) is 13.4. The molecule has 2 aromatic rings. The van der Waals surface area contributed by atoms with Gasteiger partial charge < -0.3 is 14.0 Å². The fourth-order valence-electron chi connectivity index (χ4n) is 2.27. The third-order valence-electron chi connectivity index (χ3n) is 3.56. The van der Waals surface area contributed by atoms with E-state index in [0.717, 1.165) is 5.56 Å². The number of hydrogen-bond acceptors (Lipinski definition) is 5. The second kappa shape index (κ2) is 7.58. The Morgan fingerprint density at radius 2 is 1.91 bits per heavy atom. The lowest BCUT2D eigenvalue weighted by atomic mass is 10.1. The number of imidazole rings is 1. The van der Waals surface area contributed by atoms with Gasteiger partial charge in [-0.2, -0.15) is 0 Å². The van der Waals surface area contributed by atoms with Crippen LogP contribution in [0, 0.1) is 0 Å². The van der Waals surface area contributed by atoms with E-state index < -0.39 is 18.0 Å². The predicted octanol–water partition coefficient (Wildman–Crippen LogP) is 2.60. The van der Waals surface area contributed by atoms with Crippen molar-refractivity contribution >= 4 is 11.9 Å². The first-order chi connectivity index (χ1) is 11.0. The van der Waals surface area contributed by atoms with Crippen LogP contribution in [0.2, 0.25) is 0 Å². The highest BCUT2D eigenvalue weighted by Gasteiger charge is 2.21. The highest BCUT2D eigenvalue weighted by atomic mass is 16.6. The zero-order chi connectivity index (χ0) is 16.8. The molecule has 6 heteroatoms. The molecule has 0 N–H and O–H groups in total. The van der Waals surface area contributed by atoms with E-state index in [0.29, 0.717) is 5.69 Å². The number of rotatable bonds is 6. The molecule has 0 fully saturated rings. The standard InChI is InChI=1S/C17H20N2O4/c1-12(9-16(20)22-3)23-17(21)15-10-18-11-19(15)13(2)14-7-5-4-6-8-14/h4-8,10-13H,9H2,1-3H3/t12-,13+/m0/s1. The van der Waals surface area contributed by atoms with E-state index in [1.54, 1.807) is 17.8 Å². The van der Waals surface area contributed by atoms with E-state index in [2.05, 4.69) is 9.72 Å². The van der Waals surface area contributed by atoms with Crippen LogP contribution in [-0.2, 0) is 14.3 Å². The number of methoxy groups -OCH3 is 1. The lowest BCUT2D eigenvalue weighted by molar-refractivity contribution is -0.142. The van der Waals surface area contributed by atoms with Crippen molar-refractivity contribution in [3.05, 3.63) is 54.1 Å². The maximum absolute atomic E-state index is 12.3. The summed E-state index contributed by atoms with van der Waals surface area (Å²) in [6, 6.07) is 9.74. The summed E-state index contributed by atoms with van der Waals surface area (Å²) in [7, 11) is 1.30. The van der Waals surface area contributed by atoms with Crippen LogP contribution in [0.4, 0.5) is 0 Å². The summed E-state index contributed by atoms with van der Waals surface area (Å²) in [4.78, 5) is 27.6. The minimum absolute atomic E-state index is 0.0185. The average molecular weight is 316 g/mol. The highest BCUT2D eigenvalue weighted by molar-refractivity contribution is 5.87. The van der Waals surface area contributed by atoms with Gasteiger partial charge in [-0.3, -0.25) is 4.79 Å². The molecule has 122 valence electrons. The van der Waals surface area contributed by atoms with Gasteiger partial charge >= 0.3 is 11.9 Å². The third-order valence-corrected chi connectivity index (χ3v) is 3.56. The molecule has 0 aliphatic carbocycles. The number of carbonyl (C=O) groups is 2. The Balaban J connectivity index is 2.11. The molecular formula is C17H20N2O4. The van der Waals surface area contributed by atoms with Crippen molar-refractivity contribution in [3.8, 4) is 0 Å².